The molecule has 25 heavy (non-hydrogen) atoms. The van der Waals surface area contributed by atoms with Gasteiger partial charge in [-0.2, -0.15) is 0 Å². The molecule has 1 atom stereocenters. The second kappa shape index (κ2) is 7.60. The van der Waals surface area contributed by atoms with Crippen LogP contribution in [0.4, 0.5) is 10.5 Å². The zero-order valence-corrected chi connectivity index (χ0v) is 15.3. The lowest BCUT2D eigenvalue weighted by Gasteiger charge is -2.36. The Labute approximate surface area is 150 Å². The molecule has 0 saturated carbocycles. The summed E-state index contributed by atoms with van der Waals surface area (Å²) >= 11 is 0. The molecule has 0 spiro atoms. The van der Waals surface area contributed by atoms with E-state index in [4.69, 9.17) is 0 Å². The highest BCUT2D eigenvalue weighted by atomic mass is 16.2. The van der Waals surface area contributed by atoms with E-state index in [2.05, 4.69) is 42.3 Å². The van der Waals surface area contributed by atoms with Crippen molar-refractivity contribution in [3.63, 3.8) is 0 Å². The molecule has 1 heterocycles. The van der Waals surface area contributed by atoms with Gasteiger partial charge in [0.1, 0.15) is 0 Å². The average molecular weight is 337 g/mol. The molecule has 1 saturated heterocycles. The number of urea groups is 1. The van der Waals surface area contributed by atoms with Crippen LogP contribution in [-0.2, 0) is 0 Å². The van der Waals surface area contributed by atoms with Crippen molar-refractivity contribution in [1.82, 2.24) is 10.2 Å². The van der Waals surface area contributed by atoms with Crippen molar-refractivity contribution in [2.24, 2.45) is 0 Å². The van der Waals surface area contributed by atoms with Gasteiger partial charge in [-0.05, 0) is 49.6 Å². The molecular weight excluding hydrogens is 310 g/mol. The van der Waals surface area contributed by atoms with Gasteiger partial charge in [-0.15, -0.1) is 0 Å². The van der Waals surface area contributed by atoms with Crippen LogP contribution < -0.4 is 10.2 Å². The molecule has 2 amide bonds. The molecule has 4 nitrogen and oxygen atoms in total. The average Bonchev–Trinajstić information content (AvgIpc) is 2.65. The van der Waals surface area contributed by atoms with Crippen molar-refractivity contribution >= 4 is 11.7 Å². The number of nitrogens with one attached hydrogen (secondary N) is 1. The van der Waals surface area contributed by atoms with Crippen LogP contribution in [0.15, 0.2) is 48.5 Å². The van der Waals surface area contributed by atoms with Crippen LogP contribution >= 0.6 is 0 Å². The van der Waals surface area contributed by atoms with E-state index < -0.39 is 0 Å². The molecule has 1 N–H and O–H groups in total. The van der Waals surface area contributed by atoms with Crippen molar-refractivity contribution in [3.8, 4) is 0 Å². The van der Waals surface area contributed by atoms with Crippen molar-refractivity contribution in [2.45, 2.75) is 26.8 Å². The van der Waals surface area contributed by atoms with Crippen molar-refractivity contribution < 1.29 is 4.79 Å². The molecule has 0 bridgehead atoms. The molecule has 0 aromatic heterocycles. The summed E-state index contributed by atoms with van der Waals surface area (Å²) in [6.07, 6.45) is 0. The van der Waals surface area contributed by atoms with Gasteiger partial charge in [-0.25, -0.2) is 4.79 Å². The second-order valence-corrected chi connectivity index (χ2v) is 6.82. The van der Waals surface area contributed by atoms with E-state index in [0.29, 0.717) is 0 Å². The second-order valence-electron chi connectivity index (χ2n) is 6.82. The molecule has 1 fully saturated rings. The number of aryl methyl sites for hydroxylation is 2. The van der Waals surface area contributed by atoms with E-state index in [0.717, 1.165) is 31.7 Å². The molecule has 1 aliphatic heterocycles. The Morgan fingerprint density at radius 3 is 2.28 bits per heavy atom. The maximum Gasteiger partial charge on any atom is 0.317 e. The standard InChI is InChI=1S/C21H27N3O/c1-16-9-10-20(15-17(16)2)23-11-13-24(14-12-23)21(25)22-18(3)19-7-5-4-6-8-19/h4-10,15,18H,11-14H2,1-3H3,(H,22,25). The minimum Gasteiger partial charge on any atom is -0.368 e. The van der Waals surface area contributed by atoms with E-state index >= 15 is 0 Å². The summed E-state index contributed by atoms with van der Waals surface area (Å²) in [5, 5.41) is 3.11. The third-order valence-electron chi connectivity index (χ3n) is 5.06. The van der Waals surface area contributed by atoms with Crippen LogP contribution in [0, 0.1) is 13.8 Å². The lowest BCUT2D eigenvalue weighted by Crippen LogP contribution is -2.52. The first kappa shape index (κ1) is 17.3. The van der Waals surface area contributed by atoms with Crippen molar-refractivity contribution in [2.75, 3.05) is 31.1 Å². The first-order valence-electron chi connectivity index (χ1n) is 8.97. The molecule has 2 aromatic rings. The summed E-state index contributed by atoms with van der Waals surface area (Å²) < 4.78 is 0. The Kier molecular flexibility index (Phi) is 5.27. The molecule has 132 valence electrons. The van der Waals surface area contributed by atoms with Gasteiger partial charge in [-0.3, -0.25) is 0 Å². The van der Waals surface area contributed by atoms with Gasteiger partial charge in [0.25, 0.3) is 0 Å². The Morgan fingerprint density at radius 2 is 1.64 bits per heavy atom. The Hall–Kier alpha value is -2.49. The van der Waals surface area contributed by atoms with Crippen molar-refractivity contribution in [3.05, 3.63) is 65.2 Å². The Balaban J connectivity index is 1.54. The number of rotatable bonds is 3. The maximum absolute atomic E-state index is 12.5. The van der Waals surface area contributed by atoms with Crippen LogP contribution in [-0.4, -0.2) is 37.1 Å². The van der Waals surface area contributed by atoms with Crippen molar-refractivity contribution in [1.29, 1.82) is 0 Å². The van der Waals surface area contributed by atoms with Crippen LogP contribution in [0.3, 0.4) is 0 Å². The fraction of sp³-hybridized carbons (Fsp3) is 0.381. The van der Waals surface area contributed by atoms with Gasteiger partial charge < -0.3 is 15.1 Å². The Bertz CT molecular complexity index is 721. The van der Waals surface area contributed by atoms with Gasteiger partial charge in [0.2, 0.25) is 0 Å². The minimum absolute atomic E-state index is 0.0199. The van der Waals surface area contributed by atoms with Crippen LogP contribution in [0.2, 0.25) is 0 Å². The molecule has 0 radical (unpaired) electrons. The zero-order chi connectivity index (χ0) is 17.8. The van der Waals surface area contributed by atoms with E-state index in [1.165, 1.54) is 16.8 Å². The number of hydrogen-bond acceptors (Lipinski definition) is 2. The van der Waals surface area contributed by atoms with E-state index in [9.17, 15) is 4.79 Å². The van der Waals surface area contributed by atoms with Crippen LogP contribution in [0.1, 0.15) is 29.7 Å². The number of anilines is 1. The third-order valence-corrected chi connectivity index (χ3v) is 5.06. The predicted octanol–water partition coefficient (Wildman–Crippen LogP) is 3.90. The quantitative estimate of drug-likeness (QED) is 0.922. The van der Waals surface area contributed by atoms with Crippen LogP contribution in [0.5, 0.6) is 0 Å². The number of hydrogen-bond donors (Lipinski definition) is 1. The van der Waals surface area contributed by atoms with Crippen LogP contribution in [0.25, 0.3) is 0 Å². The van der Waals surface area contributed by atoms with Gasteiger partial charge in [0.15, 0.2) is 0 Å². The summed E-state index contributed by atoms with van der Waals surface area (Å²) in [6, 6.07) is 16.7. The number of nitrogens with zero attached hydrogens (tertiary/aromatic N) is 2. The summed E-state index contributed by atoms with van der Waals surface area (Å²) in [7, 11) is 0. The van der Waals surface area contributed by atoms with Gasteiger partial charge in [-0.1, -0.05) is 36.4 Å². The van der Waals surface area contributed by atoms with Gasteiger partial charge >= 0.3 is 6.03 Å². The van der Waals surface area contributed by atoms with E-state index in [1.54, 1.807) is 0 Å². The molecule has 1 aliphatic rings. The first-order chi connectivity index (χ1) is 12.0. The highest BCUT2D eigenvalue weighted by Crippen LogP contribution is 2.20. The summed E-state index contributed by atoms with van der Waals surface area (Å²) in [4.78, 5) is 16.8. The zero-order valence-electron chi connectivity index (χ0n) is 15.3. The van der Waals surface area contributed by atoms with E-state index in [1.807, 2.05) is 42.2 Å². The molecular formula is C21H27N3O. The number of benzene rings is 2. The summed E-state index contributed by atoms with van der Waals surface area (Å²) in [5.41, 5.74) is 5.01. The topological polar surface area (TPSA) is 35.6 Å². The largest absolute Gasteiger partial charge is 0.368 e. The normalized spacial score (nSPS) is 15.8. The highest BCUT2D eigenvalue weighted by Gasteiger charge is 2.22. The number of amides is 2. The lowest BCUT2D eigenvalue weighted by molar-refractivity contribution is 0.191. The molecule has 1 unspecified atom stereocenters. The number of carbonyl (C=O) groups is 1. The molecule has 3 rings (SSSR count). The fourth-order valence-electron chi connectivity index (χ4n) is 3.19. The third kappa shape index (κ3) is 4.13. The smallest absolute Gasteiger partial charge is 0.317 e. The summed E-state index contributed by atoms with van der Waals surface area (Å²) in [5.74, 6) is 0. The Morgan fingerprint density at radius 1 is 0.960 bits per heavy atom. The fourth-order valence-corrected chi connectivity index (χ4v) is 3.19. The number of carbonyl (C=O) groups excluding carboxylic acids is 1. The lowest BCUT2D eigenvalue weighted by atomic mass is 10.1. The van der Waals surface area contributed by atoms with E-state index in [-0.39, 0.29) is 12.1 Å². The first-order valence-corrected chi connectivity index (χ1v) is 8.97. The molecule has 0 aliphatic carbocycles. The number of piperazine rings is 1. The summed E-state index contributed by atoms with van der Waals surface area (Å²) in [6.45, 7) is 9.55. The monoisotopic (exact) mass is 337 g/mol. The SMILES string of the molecule is Cc1ccc(N2CCN(C(=O)NC(C)c3ccccc3)CC2)cc1C. The minimum atomic E-state index is 0.0199. The van der Waals surface area contributed by atoms with Gasteiger partial charge in [0.05, 0.1) is 6.04 Å². The molecule has 2 aromatic carbocycles. The maximum atomic E-state index is 12.5. The predicted molar refractivity (Wildman–Crippen MR) is 103 cm³/mol. The molecule has 4 heteroatoms. The van der Waals surface area contributed by atoms with Gasteiger partial charge in [0, 0.05) is 31.9 Å². The highest BCUT2D eigenvalue weighted by molar-refractivity contribution is 5.75.